The van der Waals surface area contributed by atoms with Crippen molar-refractivity contribution in [2.45, 2.75) is 41.5 Å². The molecule has 0 aliphatic rings. The van der Waals surface area contributed by atoms with Crippen LogP contribution in [0.25, 0.3) is 0 Å². The third-order valence-corrected chi connectivity index (χ3v) is 8.31. The van der Waals surface area contributed by atoms with E-state index in [1.165, 1.54) is 44.8 Å². The molecule has 4 heteroatoms. The first-order chi connectivity index (χ1) is 19.1. The summed E-state index contributed by atoms with van der Waals surface area (Å²) >= 11 is 7.22. The SMILES string of the molecule is Cc1cc(C)c(N(c2ccc(Br)cc2)c2ccc(N(c3ccc(Br)cc3)c3c(C)cc(C)cc3C)cc2)c(C)c1. The summed E-state index contributed by atoms with van der Waals surface area (Å²) in [6, 6.07) is 35.1. The Bertz CT molecular complexity index is 1480. The molecule has 0 aromatic heterocycles. The summed E-state index contributed by atoms with van der Waals surface area (Å²) in [6.45, 7) is 13.1. The van der Waals surface area contributed by atoms with Crippen LogP contribution in [0.4, 0.5) is 34.1 Å². The van der Waals surface area contributed by atoms with Gasteiger partial charge in [-0.3, -0.25) is 0 Å². The molecule has 0 saturated carbocycles. The van der Waals surface area contributed by atoms with Crippen LogP contribution in [0.15, 0.2) is 106 Å². The first kappa shape index (κ1) is 28.2. The van der Waals surface area contributed by atoms with Gasteiger partial charge < -0.3 is 9.80 Å². The summed E-state index contributed by atoms with van der Waals surface area (Å²) in [6.07, 6.45) is 0. The molecular formula is C36H34Br2N2. The van der Waals surface area contributed by atoms with E-state index in [0.717, 1.165) is 31.7 Å². The van der Waals surface area contributed by atoms with Crippen molar-refractivity contribution in [1.82, 2.24) is 0 Å². The van der Waals surface area contributed by atoms with Crippen LogP contribution in [0.2, 0.25) is 0 Å². The largest absolute Gasteiger partial charge is 0.310 e. The fourth-order valence-corrected chi connectivity index (χ4v) is 6.32. The van der Waals surface area contributed by atoms with Crippen LogP contribution in [0.3, 0.4) is 0 Å². The molecule has 0 bridgehead atoms. The van der Waals surface area contributed by atoms with Gasteiger partial charge in [-0.25, -0.2) is 0 Å². The van der Waals surface area contributed by atoms with E-state index in [4.69, 9.17) is 0 Å². The Balaban J connectivity index is 1.66. The average Bonchev–Trinajstić information content (AvgIpc) is 2.90. The highest BCUT2D eigenvalue weighted by molar-refractivity contribution is 9.10. The van der Waals surface area contributed by atoms with Gasteiger partial charge in [-0.05, 0) is 137 Å². The van der Waals surface area contributed by atoms with Crippen molar-refractivity contribution in [2.75, 3.05) is 9.80 Å². The third-order valence-electron chi connectivity index (χ3n) is 7.25. The van der Waals surface area contributed by atoms with Gasteiger partial charge in [-0.15, -0.1) is 0 Å². The predicted octanol–water partition coefficient (Wildman–Crippen LogP) is 12.0. The molecule has 0 amide bonds. The van der Waals surface area contributed by atoms with Crippen LogP contribution in [-0.4, -0.2) is 0 Å². The van der Waals surface area contributed by atoms with Gasteiger partial charge in [0.1, 0.15) is 0 Å². The minimum absolute atomic E-state index is 1.07. The topological polar surface area (TPSA) is 6.48 Å². The van der Waals surface area contributed by atoms with Gasteiger partial charge in [0.25, 0.3) is 0 Å². The van der Waals surface area contributed by atoms with E-state index in [2.05, 4.69) is 180 Å². The Morgan fingerprint density at radius 3 is 0.850 bits per heavy atom. The second-order valence-electron chi connectivity index (χ2n) is 10.6. The lowest BCUT2D eigenvalue weighted by atomic mass is 10.0. The fraction of sp³-hybridized carbons (Fsp3) is 0.167. The smallest absolute Gasteiger partial charge is 0.0520 e. The molecule has 5 aromatic carbocycles. The predicted molar refractivity (Wildman–Crippen MR) is 180 cm³/mol. The van der Waals surface area contributed by atoms with Crippen molar-refractivity contribution >= 4 is 66.0 Å². The van der Waals surface area contributed by atoms with E-state index < -0.39 is 0 Å². The van der Waals surface area contributed by atoms with Crippen LogP contribution in [-0.2, 0) is 0 Å². The van der Waals surface area contributed by atoms with Gasteiger partial charge in [-0.1, -0.05) is 67.3 Å². The molecule has 0 saturated heterocycles. The number of hydrogen-bond donors (Lipinski definition) is 0. The maximum absolute atomic E-state index is 3.61. The Kier molecular flexibility index (Phi) is 8.21. The molecule has 5 rings (SSSR count). The van der Waals surface area contributed by atoms with Crippen LogP contribution in [0, 0.1) is 41.5 Å². The monoisotopic (exact) mass is 652 g/mol. The van der Waals surface area contributed by atoms with Crippen molar-refractivity contribution in [3.63, 3.8) is 0 Å². The highest BCUT2D eigenvalue weighted by Gasteiger charge is 2.20. The molecule has 0 atom stereocenters. The van der Waals surface area contributed by atoms with Crippen LogP contribution in [0.1, 0.15) is 33.4 Å². The number of anilines is 6. The molecule has 0 spiro atoms. The number of benzene rings is 5. The molecule has 0 unspecified atom stereocenters. The van der Waals surface area contributed by atoms with E-state index in [-0.39, 0.29) is 0 Å². The Labute approximate surface area is 255 Å². The fourth-order valence-electron chi connectivity index (χ4n) is 5.80. The molecule has 0 N–H and O–H groups in total. The molecule has 202 valence electrons. The van der Waals surface area contributed by atoms with Crippen molar-refractivity contribution in [3.8, 4) is 0 Å². The van der Waals surface area contributed by atoms with E-state index in [1.54, 1.807) is 0 Å². The van der Waals surface area contributed by atoms with Gasteiger partial charge in [-0.2, -0.15) is 0 Å². The zero-order chi connectivity index (χ0) is 28.6. The van der Waals surface area contributed by atoms with Crippen molar-refractivity contribution in [3.05, 3.63) is 139 Å². The Morgan fingerprint density at radius 1 is 0.375 bits per heavy atom. The highest BCUT2D eigenvalue weighted by atomic mass is 79.9. The quantitative estimate of drug-likeness (QED) is 0.180. The van der Waals surface area contributed by atoms with Crippen LogP contribution >= 0.6 is 31.9 Å². The van der Waals surface area contributed by atoms with Gasteiger partial charge in [0.05, 0.1) is 11.4 Å². The summed E-state index contributed by atoms with van der Waals surface area (Å²) < 4.78 is 2.13. The molecule has 0 aliphatic heterocycles. The molecule has 5 aromatic rings. The molecule has 2 nitrogen and oxygen atoms in total. The summed E-state index contributed by atoms with van der Waals surface area (Å²) in [5.74, 6) is 0. The Morgan fingerprint density at radius 2 is 0.600 bits per heavy atom. The molecular weight excluding hydrogens is 620 g/mol. The summed E-state index contributed by atoms with van der Waals surface area (Å²) in [7, 11) is 0. The van der Waals surface area contributed by atoms with Gasteiger partial charge in [0.15, 0.2) is 0 Å². The number of aryl methyl sites for hydroxylation is 6. The maximum Gasteiger partial charge on any atom is 0.0520 e. The number of nitrogens with zero attached hydrogens (tertiary/aromatic N) is 2. The average molecular weight is 654 g/mol. The second-order valence-corrected chi connectivity index (χ2v) is 12.5. The maximum atomic E-state index is 3.61. The lowest BCUT2D eigenvalue weighted by Gasteiger charge is -2.31. The summed E-state index contributed by atoms with van der Waals surface area (Å²) in [5.41, 5.74) is 14.5. The first-order valence-electron chi connectivity index (χ1n) is 13.5. The lowest BCUT2D eigenvalue weighted by Crippen LogP contribution is -2.15. The van der Waals surface area contributed by atoms with Crippen molar-refractivity contribution < 1.29 is 0 Å². The van der Waals surface area contributed by atoms with E-state index in [0.29, 0.717) is 0 Å². The van der Waals surface area contributed by atoms with Crippen molar-refractivity contribution in [2.24, 2.45) is 0 Å². The molecule has 0 radical (unpaired) electrons. The minimum Gasteiger partial charge on any atom is -0.310 e. The van der Waals surface area contributed by atoms with Crippen LogP contribution in [0.5, 0.6) is 0 Å². The minimum atomic E-state index is 1.07. The Hall–Kier alpha value is -3.34. The summed E-state index contributed by atoms with van der Waals surface area (Å²) in [5, 5.41) is 0. The van der Waals surface area contributed by atoms with Gasteiger partial charge >= 0.3 is 0 Å². The van der Waals surface area contributed by atoms with Crippen LogP contribution < -0.4 is 9.80 Å². The molecule has 0 heterocycles. The van der Waals surface area contributed by atoms with Gasteiger partial charge in [0.2, 0.25) is 0 Å². The molecule has 40 heavy (non-hydrogen) atoms. The number of hydrogen-bond acceptors (Lipinski definition) is 2. The zero-order valence-corrected chi connectivity index (χ0v) is 27.1. The van der Waals surface area contributed by atoms with E-state index >= 15 is 0 Å². The van der Waals surface area contributed by atoms with Gasteiger partial charge in [0, 0.05) is 31.7 Å². The highest BCUT2D eigenvalue weighted by Crippen LogP contribution is 2.43. The lowest BCUT2D eigenvalue weighted by molar-refractivity contribution is 1.19. The van der Waals surface area contributed by atoms with E-state index in [1.807, 2.05) is 0 Å². The van der Waals surface area contributed by atoms with E-state index in [9.17, 15) is 0 Å². The second kappa shape index (κ2) is 11.6. The normalized spacial score (nSPS) is 11.0. The zero-order valence-electron chi connectivity index (χ0n) is 23.9. The molecule has 0 aliphatic carbocycles. The summed E-state index contributed by atoms with van der Waals surface area (Å²) in [4.78, 5) is 4.74. The molecule has 0 fully saturated rings. The van der Waals surface area contributed by atoms with Crippen molar-refractivity contribution in [1.29, 1.82) is 0 Å². The number of halogens is 2. The standard InChI is InChI=1S/C36H34Br2N2/c1-23-19-25(3)35(26(4)20-23)39(31-11-7-29(37)8-12-31)33-15-17-34(18-16-33)40(32-13-9-30(38)10-14-32)36-27(5)21-24(2)22-28(36)6/h7-22H,1-6H3. The third kappa shape index (κ3) is 5.75. The first-order valence-corrected chi connectivity index (χ1v) is 15.1. The number of rotatable bonds is 6.